The van der Waals surface area contributed by atoms with Gasteiger partial charge in [-0.1, -0.05) is 27.7 Å². The second kappa shape index (κ2) is 5.27. The Morgan fingerprint density at radius 3 is 2.41 bits per heavy atom. The molecule has 1 saturated carbocycles. The van der Waals surface area contributed by atoms with Crippen LogP contribution >= 0.6 is 0 Å². The Labute approximate surface area is 106 Å². The first-order valence-electron chi connectivity index (χ1n) is 6.57. The third-order valence-electron chi connectivity index (χ3n) is 3.73. The maximum absolute atomic E-state index is 12.4. The molecule has 1 aliphatic carbocycles. The van der Waals surface area contributed by atoms with Crippen molar-refractivity contribution in [3.8, 4) is 0 Å². The molecule has 1 rings (SSSR count). The zero-order valence-electron chi connectivity index (χ0n) is 11.8. The molecule has 102 valence electrons. The molecule has 3 nitrogen and oxygen atoms in total. The Balaban J connectivity index is 2.90. The molecule has 2 atom stereocenters. The van der Waals surface area contributed by atoms with Gasteiger partial charge in [-0.05, 0) is 37.6 Å². The van der Waals surface area contributed by atoms with E-state index in [0.29, 0.717) is 5.75 Å². The summed E-state index contributed by atoms with van der Waals surface area (Å²) < 4.78 is 24.8. The Kier molecular flexibility index (Phi) is 4.64. The molecule has 0 spiro atoms. The van der Waals surface area contributed by atoms with Crippen LogP contribution in [0.2, 0.25) is 0 Å². The number of hydrogen-bond donors (Lipinski definition) is 1. The predicted octanol–water partition coefficient (Wildman–Crippen LogP) is 2.22. The van der Waals surface area contributed by atoms with Gasteiger partial charge >= 0.3 is 0 Å². The summed E-state index contributed by atoms with van der Waals surface area (Å²) in [4.78, 5) is 0. The van der Waals surface area contributed by atoms with E-state index in [0.717, 1.165) is 19.3 Å². The molecule has 1 N–H and O–H groups in total. The zero-order valence-corrected chi connectivity index (χ0v) is 12.6. The van der Waals surface area contributed by atoms with Gasteiger partial charge in [0, 0.05) is 6.04 Å². The Hall–Kier alpha value is -0.0900. The molecule has 0 aromatic carbocycles. The Bertz CT molecular complexity index is 346. The topological polar surface area (TPSA) is 46.2 Å². The summed E-state index contributed by atoms with van der Waals surface area (Å²) in [6.45, 7) is 8.30. The van der Waals surface area contributed by atoms with Gasteiger partial charge in [0.05, 0.1) is 11.0 Å². The lowest BCUT2D eigenvalue weighted by Crippen LogP contribution is -2.49. The van der Waals surface area contributed by atoms with E-state index in [1.54, 1.807) is 0 Å². The van der Waals surface area contributed by atoms with Gasteiger partial charge < -0.3 is 5.32 Å². The highest BCUT2D eigenvalue weighted by Gasteiger charge is 2.41. The quantitative estimate of drug-likeness (QED) is 0.844. The average Bonchev–Trinajstić information content (AvgIpc) is 2.14. The first-order chi connectivity index (χ1) is 7.68. The molecule has 0 radical (unpaired) electrons. The fourth-order valence-electron chi connectivity index (χ4n) is 2.82. The summed E-state index contributed by atoms with van der Waals surface area (Å²) in [6.07, 6.45) is 2.85. The van der Waals surface area contributed by atoms with Gasteiger partial charge in [0.15, 0.2) is 9.84 Å². The van der Waals surface area contributed by atoms with Crippen molar-refractivity contribution in [3.05, 3.63) is 0 Å². The molecule has 0 aromatic heterocycles. The molecule has 1 fully saturated rings. The van der Waals surface area contributed by atoms with Crippen LogP contribution in [-0.4, -0.2) is 32.5 Å². The van der Waals surface area contributed by atoms with Crippen molar-refractivity contribution in [2.75, 3.05) is 12.8 Å². The minimum atomic E-state index is -2.98. The van der Waals surface area contributed by atoms with Crippen LogP contribution in [-0.2, 0) is 9.84 Å². The lowest BCUT2D eigenvalue weighted by Gasteiger charge is -2.40. The minimum Gasteiger partial charge on any atom is -0.316 e. The van der Waals surface area contributed by atoms with E-state index in [1.807, 2.05) is 20.9 Å². The molecule has 0 aromatic rings. The Morgan fingerprint density at radius 1 is 1.35 bits per heavy atom. The van der Waals surface area contributed by atoms with Gasteiger partial charge in [-0.15, -0.1) is 0 Å². The second-order valence-corrected chi connectivity index (χ2v) is 8.83. The van der Waals surface area contributed by atoms with Crippen molar-refractivity contribution in [1.82, 2.24) is 5.32 Å². The van der Waals surface area contributed by atoms with E-state index in [-0.39, 0.29) is 22.6 Å². The van der Waals surface area contributed by atoms with Crippen molar-refractivity contribution in [3.63, 3.8) is 0 Å². The number of sulfone groups is 1. The van der Waals surface area contributed by atoms with Crippen LogP contribution in [0.25, 0.3) is 0 Å². The third kappa shape index (κ3) is 3.95. The molecule has 0 heterocycles. The molecular weight excluding hydrogens is 234 g/mol. The van der Waals surface area contributed by atoms with Crippen LogP contribution in [0.5, 0.6) is 0 Å². The number of nitrogens with one attached hydrogen (secondary N) is 1. The van der Waals surface area contributed by atoms with Gasteiger partial charge in [0.25, 0.3) is 0 Å². The summed E-state index contributed by atoms with van der Waals surface area (Å²) >= 11 is 0. The minimum absolute atomic E-state index is 0.131. The maximum atomic E-state index is 12.4. The van der Waals surface area contributed by atoms with Gasteiger partial charge in [-0.2, -0.15) is 0 Å². The number of rotatable bonds is 4. The monoisotopic (exact) mass is 261 g/mol. The normalized spacial score (nSPS) is 29.5. The highest BCUT2D eigenvalue weighted by atomic mass is 32.2. The summed E-state index contributed by atoms with van der Waals surface area (Å²) in [5, 5.41) is 2.98. The summed E-state index contributed by atoms with van der Waals surface area (Å²) in [5.74, 6) is 0.522. The fraction of sp³-hybridized carbons (Fsp3) is 1.00. The SMILES string of the molecule is CNC1CCC(C)(C)CC1S(=O)(=O)CC(C)C. The van der Waals surface area contributed by atoms with Crippen molar-refractivity contribution in [1.29, 1.82) is 0 Å². The van der Waals surface area contributed by atoms with E-state index in [2.05, 4.69) is 19.2 Å². The summed E-state index contributed by atoms with van der Waals surface area (Å²) in [6, 6.07) is 0.131. The second-order valence-electron chi connectivity index (χ2n) is 6.56. The predicted molar refractivity (Wildman–Crippen MR) is 72.9 cm³/mol. The molecule has 2 unspecified atom stereocenters. The fourth-order valence-corrected chi connectivity index (χ4v) is 5.47. The zero-order chi connectivity index (χ0) is 13.3. The molecule has 0 aliphatic heterocycles. The standard InChI is InChI=1S/C13H27NO2S/c1-10(2)9-17(15,16)12-8-13(3,4)7-6-11(12)14-5/h10-12,14H,6-9H2,1-5H3. The van der Waals surface area contributed by atoms with Crippen LogP contribution < -0.4 is 5.32 Å². The molecule has 4 heteroatoms. The Morgan fingerprint density at radius 2 is 1.94 bits per heavy atom. The van der Waals surface area contributed by atoms with E-state index >= 15 is 0 Å². The third-order valence-corrected chi connectivity index (χ3v) is 6.28. The van der Waals surface area contributed by atoms with E-state index < -0.39 is 9.84 Å². The van der Waals surface area contributed by atoms with Crippen molar-refractivity contribution in [2.45, 2.75) is 58.2 Å². The lowest BCUT2D eigenvalue weighted by atomic mass is 9.75. The van der Waals surface area contributed by atoms with Crippen molar-refractivity contribution in [2.24, 2.45) is 11.3 Å². The van der Waals surface area contributed by atoms with Gasteiger partial charge in [0.1, 0.15) is 0 Å². The van der Waals surface area contributed by atoms with Gasteiger partial charge in [-0.25, -0.2) is 8.42 Å². The molecule has 1 aliphatic rings. The van der Waals surface area contributed by atoms with E-state index in [4.69, 9.17) is 0 Å². The van der Waals surface area contributed by atoms with Gasteiger partial charge in [0.2, 0.25) is 0 Å². The highest BCUT2D eigenvalue weighted by Crippen LogP contribution is 2.38. The summed E-state index contributed by atoms with van der Waals surface area (Å²) in [7, 11) is -1.10. The van der Waals surface area contributed by atoms with Crippen molar-refractivity contribution >= 4 is 9.84 Å². The largest absolute Gasteiger partial charge is 0.316 e. The molecule has 0 bridgehead atoms. The average molecular weight is 261 g/mol. The lowest BCUT2D eigenvalue weighted by molar-refractivity contribution is 0.213. The highest BCUT2D eigenvalue weighted by molar-refractivity contribution is 7.92. The first-order valence-corrected chi connectivity index (χ1v) is 8.28. The smallest absolute Gasteiger partial charge is 0.154 e. The van der Waals surface area contributed by atoms with Gasteiger partial charge in [-0.3, -0.25) is 0 Å². The van der Waals surface area contributed by atoms with Crippen LogP contribution in [0.1, 0.15) is 47.0 Å². The molecule has 0 saturated heterocycles. The number of hydrogen-bond acceptors (Lipinski definition) is 3. The molecular formula is C13H27NO2S. The van der Waals surface area contributed by atoms with Crippen LogP contribution in [0.3, 0.4) is 0 Å². The van der Waals surface area contributed by atoms with Crippen LogP contribution in [0.15, 0.2) is 0 Å². The maximum Gasteiger partial charge on any atom is 0.154 e. The first kappa shape index (κ1) is 15.0. The molecule has 0 amide bonds. The van der Waals surface area contributed by atoms with Crippen LogP contribution in [0, 0.1) is 11.3 Å². The van der Waals surface area contributed by atoms with Crippen LogP contribution in [0.4, 0.5) is 0 Å². The van der Waals surface area contributed by atoms with Crippen molar-refractivity contribution < 1.29 is 8.42 Å². The van der Waals surface area contributed by atoms with E-state index in [9.17, 15) is 8.42 Å². The van der Waals surface area contributed by atoms with E-state index in [1.165, 1.54) is 0 Å². The molecule has 17 heavy (non-hydrogen) atoms. The summed E-state index contributed by atoms with van der Waals surface area (Å²) in [5.41, 5.74) is 0.155.